The number of halogens is 2. The second-order valence-electron chi connectivity index (χ2n) is 9.99. The molecule has 4 rings (SSSR count). The van der Waals surface area contributed by atoms with Crippen molar-refractivity contribution in [2.75, 3.05) is 13.7 Å². The molecule has 0 radical (unpaired) electrons. The van der Waals surface area contributed by atoms with Gasteiger partial charge < -0.3 is 14.2 Å². The van der Waals surface area contributed by atoms with Crippen LogP contribution in [0.1, 0.15) is 54.8 Å². The molecule has 0 fully saturated rings. The van der Waals surface area contributed by atoms with Gasteiger partial charge in [-0.3, -0.25) is 14.4 Å². The van der Waals surface area contributed by atoms with Crippen LogP contribution >= 0.6 is 0 Å². The topological polar surface area (TPSA) is 92.6 Å². The van der Waals surface area contributed by atoms with Crippen molar-refractivity contribution in [2.24, 2.45) is 0 Å². The van der Waals surface area contributed by atoms with Crippen LogP contribution in [0.25, 0.3) is 0 Å². The van der Waals surface area contributed by atoms with Crippen LogP contribution in [0.3, 0.4) is 0 Å². The van der Waals surface area contributed by atoms with Crippen molar-refractivity contribution in [3.63, 3.8) is 0 Å². The summed E-state index contributed by atoms with van der Waals surface area (Å²) in [6.45, 7) is 5.38. The third-order valence-electron chi connectivity index (χ3n) is 6.33. The number of ether oxygens (including phenoxy) is 1. The standard InChI is InChI=1S/C27H28F2N2O5/c1-27(2,3)25-20(28)9-15(10-21(25)29)11-22(32)26-19-6-5-17(35-4)12-16(19)7-8-31(26)24(34)14-18-13-23(33)30-36-18/h5-6,9-10,12-13,26H,7-8,11,14H2,1-4H3,(H,30,33)/t26-/m1/s1. The van der Waals surface area contributed by atoms with Gasteiger partial charge in [0.25, 0.3) is 5.56 Å². The SMILES string of the molecule is COc1ccc2c(c1)CCN(C(=O)Cc1cc(=O)[nH]o1)[C@H]2C(=O)Cc1cc(F)c(C(C)(C)C)c(F)c1. The summed E-state index contributed by atoms with van der Waals surface area (Å²) < 4.78 is 39.9. The molecule has 0 saturated heterocycles. The second kappa shape index (κ2) is 9.72. The third-order valence-corrected chi connectivity index (χ3v) is 6.33. The predicted molar refractivity (Wildman–Crippen MR) is 128 cm³/mol. The Morgan fingerprint density at radius 2 is 1.81 bits per heavy atom. The Kier molecular flexibility index (Phi) is 6.84. The number of methoxy groups -OCH3 is 1. The van der Waals surface area contributed by atoms with Crippen LogP contribution in [0.4, 0.5) is 8.78 Å². The number of carbonyl (C=O) groups excluding carboxylic acids is 2. The molecule has 1 N–H and O–H groups in total. The molecule has 0 bridgehead atoms. The van der Waals surface area contributed by atoms with E-state index < -0.39 is 34.6 Å². The first-order chi connectivity index (χ1) is 17.0. The van der Waals surface area contributed by atoms with Crippen molar-refractivity contribution in [2.45, 2.75) is 51.5 Å². The molecule has 1 atom stereocenters. The van der Waals surface area contributed by atoms with Crippen molar-refractivity contribution in [1.29, 1.82) is 0 Å². The van der Waals surface area contributed by atoms with Gasteiger partial charge in [-0.2, -0.15) is 5.16 Å². The molecule has 1 amide bonds. The van der Waals surface area contributed by atoms with E-state index in [0.717, 1.165) is 5.56 Å². The van der Waals surface area contributed by atoms with Crippen LogP contribution in [-0.4, -0.2) is 35.4 Å². The zero-order valence-electron chi connectivity index (χ0n) is 20.6. The number of rotatable bonds is 6. The molecule has 1 aliphatic rings. The zero-order valence-corrected chi connectivity index (χ0v) is 20.6. The molecule has 1 aromatic heterocycles. The number of hydrogen-bond acceptors (Lipinski definition) is 5. The molecule has 36 heavy (non-hydrogen) atoms. The van der Waals surface area contributed by atoms with Crippen LogP contribution < -0.4 is 10.3 Å². The zero-order chi connectivity index (χ0) is 26.2. The van der Waals surface area contributed by atoms with E-state index >= 15 is 0 Å². The number of fused-ring (bicyclic) bond motifs is 1. The molecule has 0 saturated carbocycles. The fraction of sp³-hybridized carbons (Fsp3) is 0.370. The number of carbonyl (C=O) groups is 2. The molecule has 2 aromatic carbocycles. The van der Waals surface area contributed by atoms with Gasteiger partial charge in [0.2, 0.25) is 5.91 Å². The van der Waals surface area contributed by atoms with Gasteiger partial charge in [-0.05, 0) is 52.8 Å². The van der Waals surface area contributed by atoms with E-state index in [4.69, 9.17) is 9.26 Å². The van der Waals surface area contributed by atoms with Gasteiger partial charge in [-0.1, -0.05) is 26.8 Å². The normalized spacial score (nSPS) is 15.5. The van der Waals surface area contributed by atoms with E-state index in [1.165, 1.54) is 30.2 Å². The first kappa shape index (κ1) is 25.3. The maximum absolute atomic E-state index is 14.8. The van der Waals surface area contributed by atoms with E-state index in [1.807, 2.05) is 6.07 Å². The lowest BCUT2D eigenvalue weighted by molar-refractivity contribution is -0.140. The molecule has 0 unspecified atom stereocenters. The van der Waals surface area contributed by atoms with Gasteiger partial charge in [-0.25, -0.2) is 8.78 Å². The first-order valence-electron chi connectivity index (χ1n) is 11.6. The minimum absolute atomic E-state index is 0.0430. The monoisotopic (exact) mass is 498 g/mol. The lowest BCUT2D eigenvalue weighted by atomic mass is 9.84. The average molecular weight is 499 g/mol. The summed E-state index contributed by atoms with van der Waals surface area (Å²) in [5, 5.41) is 2.14. The minimum Gasteiger partial charge on any atom is -0.497 e. The number of amides is 1. The molecule has 190 valence electrons. The summed E-state index contributed by atoms with van der Waals surface area (Å²) in [5.74, 6) is -1.44. The van der Waals surface area contributed by atoms with Gasteiger partial charge >= 0.3 is 0 Å². The van der Waals surface area contributed by atoms with Crippen molar-refractivity contribution in [1.82, 2.24) is 10.1 Å². The summed E-state index contributed by atoms with van der Waals surface area (Å²) in [5.41, 5.74) is 0.415. The fourth-order valence-electron chi connectivity index (χ4n) is 4.75. The molecule has 1 aliphatic heterocycles. The highest BCUT2D eigenvalue weighted by Gasteiger charge is 2.36. The van der Waals surface area contributed by atoms with Gasteiger partial charge in [0.05, 0.1) is 13.5 Å². The Labute approximate surface area is 207 Å². The van der Waals surface area contributed by atoms with Crippen LogP contribution in [-0.2, 0) is 34.3 Å². The van der Waals surface area contributed by atoms with Crippen LogP contribution in [0, 0.1) is 11.6 Å². The minimum atomic E-state index is -0.966. The Bertz CT molecular complexity index is 1350. The third kappa shape index (κ3) is 5.10. The smallest absolute Gasteiger partial charge is 0.280 e. The summed E-state index contributed by atoms with van der Waals surface area (Å²) in [4.78, 5) is 39.6. The number of Topliss-reactive ketones (excluding diaryl/α,β-unsaturated/α-hetero) is 1. The van der Waals surface area contributed by atoms with E-state index in [1.54, 1.807) is 32.9 Å². The van der Waals surface area contributed by atoms with E-state index in [0.29, 0.717) is 17.7 Å². The van der Waals surface area contributed by atoms with Crippen LogP contribution in [0.2, 0.25) is 0 Å². The highest BCUT2D eigenvalue weighted by Crippen LogP contribution is 2.35. The molecule has 7 nitrogen and oxygen atoms in total. The lowest BCUT2D eigenvalue weighted by Crippen LogP contribution is -2.44. The van der Waals surface area contributed by atoms with Crippen LogP contribution in [0.15, 0.2) is 45.7 Å². The number of aromatic amines is 1. The number of nitrogens with one attached hydrogen (secondary N) is 1. The van der Waals surface area contributed by atoms with E-state index in [2.05, 4.69) is 5.16 Å². The summed E-state index contributed by atoms with van der Waals surface area (Å²) in [7, 11) is 1.54. The molecule has 0 aliphatic carbocycles. The quantitative estimate of drug-likeness (QED) is 0.554. The van der Waals surface area contributed by atoms with Crippen molar-refractivity contribution >= 4 is 11.7 Å². The van der Waals surface area contributed by atoms with Crippen molar-refractivity contribution in [3.8, 4) is 5.75 Å². The Morgan fingerprint density at radius 3 is 2.39 bits per heavy atom. The average Bonchev–Trinajstić information content (AvgIpc) is 3.20. The highest BCUT2D eigenvalue weighted by atomic mass is 19.1. The largest absolute Gasteiger partial charge is 0.497 e. The van der Waals surface area contributed by atoms with Gasteiger partial charge in [0.15, 0.2) is 5.78 Å². The van der Waals surface area contributed by atoms with Gasteiger partial charge in [0, 0.05) is 24.6 Å². The van der Waals surface area contributed by atoms with Crippen LogP contribution in [0.5, 0.6) is 5.75 Å². The number of hydrogen-bond donors (Lipinski definition) is 1. The van der Waals surface area contributed by atoms with E-state index in [-0.39, 0.29) is 42.1 Å². The Morgan fingerprint density at radius 1 is 1.11 bits per heavy atom. The number of ketones is 1. The first-order valence-corrected chi connectivity index (χ1v) is 11.6. The fourth-order valence-corrected chi connectivity index (χ4v) is 4.75. The molecule has 0 spiro atoms. The lowest BCUT2D eigenvalue weighted by Gasteiger charge is -2.36. The predicted octanol–water partition coefficient (Wildman–Crippen LogP) is 4.03. The van der Waals surface area contributed by atoms with E-state index in [9.17, 15) is 23.2 Å². The molecular formula is C27H28F2N2O5. The van der Waals surface area contributed by atoms with Gasteiger partial charge in [0.1, 0.15) is 29.2 Å². The van der Waals surface area contributed by atoms with Crippen molar-refractivity contribution in [3.05, 3.63) is 86.4 Å². The molecule has 3 aromatic rings. The number of aromatic nitrogens is 1. The maximum Gasteiger partial charge on any atom is 0.280 e. The second-order valence-corrected chi connectivity index (χ2v) is 9.99. The number of benzene rings is 2. The van der Waals surface area contributed by atoms with Gasteiger partial charge in [-0.15, -0.1) is 0 Å². The number of H-pyrrole nitrogens is 1. The maximum atomic E-state index is 14.8. The molecule has 9 heteroatoms. The molecule has 2 heterocycles. The summed E-state index contributed by atoms with van der Waals surface area (Å²) in [6, 6.07) is 7.83. The summed E-state index contributed by atoms with van der Waals surface area (Å²) in [6.07, 6.45) is 0.0115. The summed E-state index contributed by atoms with van der Waals surface area (Å²) >= 11 is 0. The number of nitrogens with zero attached hydrogens (tertiary/aromatic N) is 1. The Hall–Kier alpha value is -3.75. The molecular weight excluding hydrogens is 470 g/mol. The highest BCUT2D eigenvalue weighted by molar-refractivity contribution is 5.92. The Balaban J connectivity index is 1.68. The van der Waals surface area contributed by atoms with Crippen molar-refractivity contribution < 1.29 is 27.6 Å².